The average molecular weight is 284 g/mol. The first-order valence-corrected chi connectivity index (χ1v) is 7.45. The highest BCUT2D eigenvalue weighted by Gasteiger charge is 2.48. The van der Waals surface area contributed by atoms with Gasteiger partial charge < -0.3 is 9.84 Å². The van der Waals surface area contributed by atoms with Gasteiger partial charge in [0.2, 0.25) is 0 Å². The molecule has 0 heterocycles. The van der Waals surface area contributed by atoms with Gasteiger partial charge in [-0.05, 0) is 32.6 Å². The normalized spacial score (nSPS) is 21.9. The Morgan fingerprint density at radius 2 is 1.95 bits per heavy atom. The van der Waals surface area contributed by atoms with Gasteiger partial charge in [0, 0.05) is 12.8 Å². The summed E-state index contributed by atoms with van der Waals surface area (Å²) in [5.74, 6) is -1.13. The molecule has 0 bridgehead atoms. The number of carbonyl (C=O) groups is 3. The van der Waals surface area contributed by atoms with Crippen molar-refractivity contribution < 1.29 is 24.2 Å². The maximum atomic E-state index is 12.1. The molecule has 0 aromatic heterocycles. The first-order chi connectivity index (χ1) is 9.53. The minimum atomic E-state index is -0.914. The Balaban J connectivity index is 2.41. The molecular weight excluding hydrogens is 260 g/mol. The third-order valence-electron chi connectivity index (χ3n) is 3.95. The topological polar surface area (TPSA) is 80.7 Å². The summed E-state index contributed by atoms with van der Waals surface area (Å²) in [6, 6.07) is 0. The van der Waals surface area contributed by atoms with Crippen molar-refractivity contribution in [1.82, 2.24) is 0 Å². The molecule has 0 aromatic carbocycles. The van der Waals surface area contributed by atoms with E-state index < -0.39 is 11.4 Å². The van der Waals surface area contributed by atoms with Crippen molar-refractivity contribution in [3.63, 3.8) is 0 Å². The molecule has 0 amide bonds. The van der Waals surface area contributed by atoms with Gasteiger partial charge in [-0.1, -0.05) is 19.3 Å². The molecule has 1 unspecified atom stereocenters. The van der Waals surface area contributed by atoms with Crippen molar-refractivity contribution in [2.45, 2.75) is 64.7 Å². The van der Waals surface area contributed by atoms with E-state index in [9.17, 15) is 14.4 Å². The van der Waals surface area contributed by atoms with Crippen molar-refractivity contribution >= 4 is 17.7 Å². The summed E-state index contributed by atoms with van der Waals surface area (Å²) < 4.78 is 5.07. The number of Topliss-reactive ketones (excluding diaryl/α,β-unsaturated/α-hetero) is 1. The highest BCUT2D eigenvalue weighted by atomic mass is 16.5. The highest BCUT2D eigenvalue weighted by molar-refractivity contribution is 6.05. The molecule has 1 fully saturated rings. The van der Waals surface area contributed by atoms with Crippen LogP contribution in [0, 0.1) is 5.41 Å². The van der Waals surface area contributed by atoms with Crippen molar-refractivity contribution in [3.8, 4) is 0 Å². The van der Waals surface area contributed by atoms with E-state index in [1.165, 1.54) is 0 Å². The van der Waals surface area contributed by atoms with Crippen LogP contribution in [-0.4, -0.2) is 29.4 Å². The minimum Gasteiger partial charge on any atom is -0.481 e. The third kappa shape index (κ3) is 4.32. The van der Waals surface area contributed by atoms with Crippen molar-refractivity contribution in [1.29, 1.82) is 0 Å². The fourth-order valence-corrected chi connectivity index (χ4v) is 2.84. The van der Waals surface area contributed by atoms with E-state index >= 15 is 0 Å². The molecule has 0 aliphatic heterocycles. The zero-order valence-electron chi connectivity index (χ0n) is 12.2. The van der Waals surface area contributed by atoms with Crippen LogP contribution >= 0.6 is 0 Å². The number of unbranched alkanes of at least 4 members (excludes halogenated alkanes) is 3. The molecule has 0 saturated heterocycles. The number of ether oxygens (including phenoxy) is 1. The monoisotopic (exact) mass is 284 g/mol. The summed E-state index contributed by atoms with van der Waals surface area (Å²) in [4.78, 5) is 34.5. The number of rotatable bonds is 9. The van der Waals surface area contributed by atoms with Gasteiger partial charge in [0.1, 0.15) is 11.2 Å². The van der Waals surface area contributed by atoms with E-state index in [0.29, 0.717) is 32.3 Å². The smallest absolute Gasteiger partial charge is 0.319 e. The van der Waals surface area contributed by atoms with Crippen LogP contribution in [0.5, 0.6) is 0 Å². The minimum absolute atomic E-state index is 0.0153. The molecule has 1 N–H and O–H groups in total. The van der Waals surface area contributed by atoms with Crippen molar-refractivity contribution in [2.24, 2.45) is 5.41 Å². The van der Waals surface area contributed by atoms with Gasteiger partial charge in [-0.15, -0.1) is 0 Å². The van der Waals surface area contributed by atoms with Gasteiger partial charge in [-0.25, -0.2) is 0 Å². The van der Waals surface area contributed by atoms with E-state index in [0.717, 1.165) is 25.7 Å². The van der Waals surface area contributed by atoms with Crippen LogP contribution in [0.1, 0.15) is 64.7 Å². The lowest BCUT2D eigenvalue weighted by molar-refractivity contribution is -0.159. The number of carboxylic acids is 1. The maximum absolute atomic E-state index is 12.1. The molecule has 0 aromatic rings. The van der Waals surface area contributed by atoms with Crippen LogP contribution in [0.4, 0.5) is 0 Å². The van der Waals surface area contributed by atoms with Crippen LogP contribution in [0.3, 0.4) is 0 Å². The molecule has 0 radical (unpaired) electrons. The lowest BCUT2D eigenvalue weighted by Gasteiger charge is -2.24. The summed E-state index contributed by atoms with van der Waals surface area (Å²) in [5, 5.41) is 8.54. The van der Waals surface area contributed by atoms with Gasteiger partial charge in [-0.2, -0.15) is 0 Å². The van der Waals surface area contributed by atoms with E-state index in [2.05, 4.69) is 0 Å². The Bertz CT molecular complexity index is 363. The zero-order valence-corrected chi connectivity index (χ0v) is 12.2. The first kappa shape index (κ1) is 16.7. The number of hydrogen-bond donors (Lipinski definition) is 1. The number of ketones is 1. The summed E-state index contributed by atoms with van der Waals surface area (Å²) in [7, 11) is 0. The fraction of sp³-hybridized carbons (Fsp3) is 0.800. The van der Waals surface area contributed by atoms with Gasteiger partial charge in [-0.3, -0.25) is 14.4 Å². The van der Waals surface area contributed by atoms with Gasteiger partial charge in [0.25, 0.3) is 0 Å². The molecule has 1 atom stereocenters. The Morgan fingerprint density at radius 3 is 2.50 bits per heavy atom. The van der Waals surface area contributed by atoms with E-state index in [1.807, 2.05) is 0 Å². The Kier molecular flexibility index (Phi) is 6.68. The molecule has 1 saturated carbocycles. The van der Waals surface area contributed by atoms with E-state index in [1.54, 1.807) is 6.92 Å². The lowest BCUT2D eigenvalue weighted by Crippen LogP contribution is -2.37. The molecular formula is C15H24O5. The Labute approximate surface area is 119 Å². The predicted molar refractivity (Wildman–Crippen MR) is 73.3 cm³/mol. The lowest BCUT2D eigenvalue weighted by atomic mass is 9.80. The van der Waals surface area contributed by atoms with Crippen LogP contribution in [0.15, 0.2) is 0 Å². The standard InChI is InChI=1S/C15H24O5/c1-2-20-14(19)15(11-7-8-12(15)16)10-6-4-3-5-9-13(17)18/h2-11H2,1H3,(H,17,18). The predicted octanol–water partition coefficient (Wildman–Crippen LogP) is 2.71. The quantitative estimate of drug-likeness (QED) is 0.400. The highest BCUT2D eigenvalue weighted by Crippen LogP contribution is 2.40. The second-order valence-corrected chi connectivity index (χ2v) is 5.39. The number of aliphatic carboxylic acids is 1. The molecule has 1 aliphatic carbocycles. The second-order valence-electron chi connectivity index (χ2n) is 5.39. The summed E-state index contributed by atoms with van der Waals surface area (Å²) >= 11 is 0. The molecule has 5 heteroatoms. The van der Waals surface area contributed by atoms with E-state index in [4.69, 9.17) is 9.84 Å². The molecule has 1 rings (SSSR count). The summed E-state index contributed by atoms with van der Waals surface area (Å²) in [6.07, 6.45) is 5.63. The van der Waals surface area contributed by atoms with Gasteiger partial charge in [0.15, 0.2) is 0 Å². The zero-order chi connectivity index (χ0) is 15.0. The Morgan fingerprint density at radius 1 is 1.25 bits per heavy atom. The van der Waals surface area contributed by atoms with Crippen LogP contribution in [0.2, 0.25) is 0 Å². The third-order valence-corrected chi connectivity index (χ3v) is 3.95. The SMILES string of the molecule is CCOC(=O)C1(CCCCCCC(=O)O)CCCC1=O. The van der Waals surface area contributed by atoms with Crippen LogP contribution < -0.4 is 0 Å². The molecule has 0 spiro atoms. The van der Waals surface area contributed by atoms with Gasteiger partial charge >= 0.3 is 11.9 Å². The van der Waals surface area contributed by atoms with Crippen LogP contribution in [-0.2, 0) is 19.1 Å². The molecule has 20 heavy (non-hydrogen) atoms. The number of esters is 1. The van der Waals surface area contributed by atoms with Crippen LogP contribution in [0.25, 0.3) is 0 Å². The number of carbonyl (C=O) groups excluding carboxylic acids is 2. The fourth-order valence-electron chi connectivity index (χ4n) is 2.84. The number of hydrogen-bond acceptors (Lipinski definition) is 4. The largest absolute Gasteiger partial charge is 0.481 e. The van der Waals surface area contributed by atoms with Crippen molar-refractivity contribution in [2.75, 3.05) is 6.61 Å². The van der Waals surface area contributed by atoms with E-state index in [-0.39, 0.29) is 18.2 Å². The molecule has 5 nitrogen and oxygen atoms in total. The average Bonchev–Trinajstić information content (AvgIpc) is 2.76. The second kappa shape index (κ2) is 8.02. The van der Waals surface area contributed by atoms with Crippen molar-refractivity contribution in [3.05, 3.63) is 0 Å². The summed E-state index contributed by atoms with van der Waals surface area (Å²) in [5.41, 5.74) is -0.914. The maximum Gasteiger partial charge on any atom is 0.319 e. The molecule has 1 aliphatic rings. The number of carboxylic acid groups (broad SMARTS) is 1. The molecule has 114 valence electrons. The summed E-state index contributed by atoms with van der Waals surface area (Å²) in [6.45, 7) is 2.05. The Hall–Kier alpha value is -1.39. The first-order valence-electron chi connectivity index (χ1n) is 7.45. The van der Waals surface area contributed by atoms with Gasteiger partial charge in [0.05, 0.1) is 6.61 Å².